The van der Waals surface area contributed by atoms with Crippen molar-refractivity contribution in [3.05, 3.63) is 11.5 Å². The predicted molar refractivity (Wildman–Crippen MR) is 50.9 cm³/mol. The molecule has 1 aliphatic rings. The Hall–Kier alpha value is -1.78. The molecule has 0 saturated carbocycles. The van der Waals surface area contributed by atoms with Crippen LogP contribution >= 0.6 is 0 Å². The Labute approximate surface area is 141 Å². The Kier molecular flexibility index (Phi) is 5.51. The summed E-state index contributed by atoms with van der Waals surface area (Å²) >= 11 is 0. The van der Waals surface area contributed by atoms with Crippen molar-refractivity contribution in [1.82, 2.24) is 0 Å². The minimum atomic E-state index is -6.61. The van der Waals surface area contributed by atoms with Crippen LogP contribution in [0.5, 0.6) is 0 Å². The number of allylic oxidation sites excluding steroid dienone is 2. The van der Waals surface area contributed by atoms with Gasteiger partial charge < -0.3 is 9.47 Å². The zero-order chi connectivity index (χ0) is 22.7. The highest BCUT2D eigenvalue weighted by atomic mass is 19.4. The van der Waals surface area contributed by atoms with Crippen LogP contribution in [0.3, 0.4) is 0 Å². The van der Waals surface area contributed by atoms with Crippen LogP contribution in [0.2, 0.25) is 0 Å². The van der Waals surface area contributed by atoms with E-state index < -0.39 is 60.3 Å². The summed E-state index contributed by atoms with van der Waals surface area (Å²) in [6, 6.07) is 0. The summed E-state index contributed by atoms with van der Waals surface area (Å²) in [4.78, 5) is 0. The van der Waals surface area contributed by atoms with Crippen LogP contribution in [0.1, 0.15) is 0 Å². The fourth-order valence-electron chi connectivity index (χ4n) is 1.64. The Morgan fingerprint density at radius 3 is 0.786 bits per heavy atom. The lowest BCUT2D eigenvalue weighted by Gasteiger charge is -2.42. The van der Waals surface area contributed by atoms with E-state index in [0.717, 1.165) is 0 Å². The topological polar surface area (TPSA) is 18.5 Å². The third-order valence-electron chi connectivity index (χ3n) is 2.83. The largest absolute Gasteiger partial charge is 0.465 e. The summed E-state index contributed by atoms with van der Waals surface area (Å²) in [7, 11) is 0. The number of rotatable bonds is 4. The third-order valence-corrected chi connectivity index (χ3v) is 2.83. The third kappa shape index (κ3) is 4.28. The van der Waals surface area contributed by atoms with E-state index in [-0.39, 0.29) is 0 Å². The molecule has 1 rings (SSSR count). The average molecular weight is 458 g/mol. The summed E-state index contributed by atoms with van der Waals surface area (Å²) in [6.45, 7) is 0. The van der Waals surface area contributed by atoms with Crippen molar-refractivity contribution >= 4 is 0 Å². The van der Waals surface area contributed by atoms with Gasteiger partial charge in [0, 0.05) is 0 Å². The lowest BCUT2D eigenvalue weighted by atomic mass is 9.94. The van der Waals surface area contributed by atoms with Crippen LogP contribution in [0.15, 0.2) is 11.5 Å². The van der Waals surface area contributed by atoms with Gasteiger partial charge in [0.2, 0.25) is 11.5 Å². The zero-order valence-electron chi connectivity index (χ0n) is 12.0. The van der Waals surface area contributed by atoms with Gasteiger partial charge in [-0.05, 0) is 0 Å². The Morgan fingerprint density at radius 2 is 0.643 bits per heavy atom. The Bertz CT molecular complexity index is 535. The lowest BCUT2D eigenvalue weighted by molar-refractivity contribution is -0.352. The summed E-state index contributed by atoms with van der Waals surface area (Å²) in [5, 5.41) is 0. The van der Waals surface area contributed by atoms with E-state index in [0.29, 0.717) is 0 Å². The molecule has 0 aromatic carbocycles. The molecule has 0 fully saturated rings. The molecule has 0 unspecified atom stereocenters. The Morgan fingerprint density at radius 1 is 0.464 bits per heavy atom. The molecule has 0 spiro atoms. The first-order chi connectivity index (χ1) is 11.9. The van der Waals surface area contributed by atoms with Crippen LogP contribution in [-0.2, 0) is 9.47 Å². The molecule has 166 valence electrons. The minimum absolute atomic E-state index is 2.64. The van der Waals surface area contributed by atoms with Crippen LogP contribution in [0, 0.1) is 0 Å². The minimum Gasteiger partial charge on any atom is -0.465 e. The molecule has 0 bridgehead atoms. The first-order valence-corrected chi connectivity index (χ1v) is 6.06. The first kappa shape index (κ1) is 24.3. The molecule has 0 atom stereocenters. The molecule has 0 amide bonds. The van der Waals surface area contributed by atoms with E-state index in [1.807, 2.05) is 0 Å². The molecule has 28 heavy (non-hydrogen) atoms. The number of hydrogen-bond acceptors (Lipinski definition) is 2. The van der Waals surface area contributed by atoms with Gasteiger partial charge in [0.25, 0.3) is 12.2 Å². The number of alkyl halides is 16. The van der Waals surface area contributed by atoms with Crippen molar-refractivity contribution in [2.45, 2.75) is 48.8 Å². The van der Waals surface area contributed by atoms with Crippen molar-refractivity contribution < 1.29 is 79.7 Å². The van der Waals surface area contributed by atoms with Gasteiger partial charge in [-0.1, -0.05) is 0 Å². The van der Waals surface area contributed by atoms with Crippen molar-refractivity contribution in [2.75, 3.05) is 0 Å². The van der Waals surface area contributed by atoms with Crippen LogP contribution < -0.4 is 0 Å². The van der Waals surface area contributed by atoms with Crippen molar-refractivity contribution in [3.8, 4) is 0 Å². The highest BCUT2D eigenvalue weighted by Gasteiger charge is 2.78. The SMILES string of the molecule is FC(F)(F)C(OC1=C(OC(C(F)(F)F)C(F)(F)F)C(F)(F)C1(F)F)C(F)(F)F. The molecule has 0 aliphatic heterocycles. The maximum Gasteiger partial charge on any atom is 0.434 e. The van der Waals surface area contributed by atoms with E-state index in [4.69, 9.17) is 0 Å². The molecule has 0 radical (unpaired) electrons. The maximum absolute atomic E-state index is 13.1. The second-order valence-electron chi connectivity index (χ2n) is 4.97. The number of ether oxygens (including phenoxy) is 2. The van der Waals surface area contributed by atoms with E-state index in [1.165, 1.54) is 0 Å². The zero-order valence-corrected chi connectivity index (χ0v) is 12.0. The quantitative estimate of drug-likeness (QED) is 0.519. The second kappa shape index (κ2) is 6.36. The van der Waals surface area contributed by atoms with Crippen LogP contribution in [-0.4, -0.2) is 48.8 Å². The number of halogens is 16. The molecule has 0 N–H and O–H groups in total. The van der Waals surface area contributed by atoms with E-state index in [9.17, 15) is 70.2 Å². The summed E-state index contributed by atoms with van der Waals surface area (Å²) < 4.78 is 205. The molecule has 1 aliphatic carbocycles. The van der Waals surface area contributed by atoms with Crippen LogP contribution in [0.4, 0.5) is 70.2 Å². The lowest BCUT2D eigenvalue weighted by Crippen LogP contribution is -2.60. The van der Waals surface area contributed by atoms with Gasteiger partial charge in [-0.3, -0.25) is 0 Å². The fourth-order valence-corrected chi connectivity index (χ4v) is 1.64. The van der Waals surface area contributed by atoms with Gasteiger partial charge in [0.1, 0.15) is 0 Å². The Balaban J connectivity index is 3.49. The summed E-state index contributed by atoms with van der Waals surface area (Å²) in [5.74, 6) is -19.2. The standard InChI is InChI=1S/C10H2F16O2/c11-5(12)1(27-3(7(15,16)17)8(18,19)20)2(6(5,13)14)28-4(9(21,22)23)10(24,25)26/h3-4H. The summed E-state index contributed by atoms with van der Waals surface area (Å²) in [6.07, 6.45) is -37.0. The normalized spacial score (nSPS) is 20.5. The summed E-state index contributed by atoms with van der Waals surface area (Å²) in [5.41, 5.74) is 0. The average Bonchev–Trinajstić information content (AvgIpc) is 2.35. The highest BCUT2D eigenvalue weighted by molar-refractivity contribution is 5.36. The molecule has 0 saturated heterocycles. The van der Waals surface area contributed by atoms with Gasteiger partial charge in [-0.25, -0.2) is 0 Å². The maximum atomic E-state index is 13.1. The number of hydrogen-bond donors (Lipinski definition) is 0. The molecular weight excluding hydrogens is 456 g/mol. The molecule has 0 heterocycles. The monoisotopic (exact) mass is 458 g/mol. The van der Waals surface area contributed by atoms with Crippen molar-refractivity contribution in [1.29, 1.82) is 0 Å². The molecule has 18 heteroatoms. The van der Waals surface area contributed by atoms with Gasteiger partial charge >= 0.3 is 36.6 Å². The van der Waals surface area contributed by atoms with E-state index in [1.54, 1.807) is 0 Å². The van der Waals surface area contributed by atoms with E-state index >= 15 is 0 Å². The second-order valence-corrected chi connectivity index (χ2v) is 4.97. The van der Waals surface area contributed by atoms with Gasteiger partial charge in [0.15, 0.2) is 0 Å². The fraction of sp³-hybridized carbons (Fsp3) is 0.800. The van der Waals surface area contributed by atoms with Crippen molar-refractivity contribution in [3.63, 3.8) is 0 Å². The van der Waals surface area contributed by atoms with Crippen LogP contribution in [0.25, 0.3) is 0 Å². The molecule has 0 aromatic heterocycles. The van der Waals surface area contributed by atoms with Gasteiger partial charge in [0.05, 0.1) is 0 Å². The highest BCUT2D eigenvalue weighted by Crippen LogP contribution is 2.59. The van der Waals surface area contributed by atoms with Crippen molar-refractivity contribution in [2.24, 2.45) is 0 Å². The first-order valence-electron chi connectivity index (χ1n) is 6.06. The smallest absolute Gasteiger partial charge is 0.434 e. The molecular formula is C10H2F16O2. The molecule has 0 aromatic rings. The van der Waals surface area contributed by atoms with Gasteiger partial charge in [-0.15, -0.1) is 0 Å². The van der Waals surface area contributed by atoms with E-state index in [2.05, 4.69) is 9.47 Å². The van der Waals surface area contributed by atoms with Gasteiger partial charge in [-0.2, -0.15) is 70.2 Å². The molecule has 2 nitrogen and oxygen atoms in total. The predicted octanol–water partition coefficient (Wildman–Crippen LogP) is 5.50.